The van der Waals surface area contributed by atoms with Gasteiger partial charge in [-0.25, -0.2) is 0 Å². The third-order valence-corrected chi connectivity index (χ3v) is 3.16. The molecule has 4 nitrogen and oxygen atoms in total. The Morgan fingerprint density at radius 1 is 1.05 bits per heavy atom. The molecule has 0 aliphatic heterocycles. The summed E-state index contributed by atoms with van der Waals surface area (Å²) in [5.41, 5.74) is 0.873. The summed E-state index contributed by atoms with van der Waals surface area (Å²) < 4.78 is 11.2. The van der Waals surface area contributed by atoms with E-state index in [-0.39, 0.29) is 17.3 Å². The molecule has 3 aromatic rings. The van der Waals surface area contributed by atoms with Crippen molar-refractivity contribution in [2.24, 2.45) is 0 Å². The number of rotatable bonds is 2. The van der Waals surface area contributed by atoms with Gasteiger partial charge in [-0.05, 0) is 24.3 Å². The average Bonchev–Trinajstić information content (AvgIpc) is 2.86. The van der Waals surface area contributed by atoms with Crippen LogP contribution in [0.3, 0.4) is 0 Å². The zero-order valence-electron chi connectivity index (χ0n) is 10.6. The Morgan fingerprint density at radius 2 is 1.86 bits per heavy atom. The largest absolute Gasteiger partial charge is 0.450 e. The van der Waals surface area contributed by atoms with Gasteiger partial charge in [0.2, 0.25) is 5.76 Å². The summed E-state index contributed by atoms with van der Waals surface area (Å²) in [4.78, 5) is 0. The summed E-state index contributed by atoms with van der Waals surface area (Å²) in [6, 6.07) is 15.8. The molecule has 0 bridgehead atoms. The number of hydrogen-bond acceptors (Lipinski definition) is 4. The predicted octanol–water partition coefficient (Wildman–Crippen LogP) is 4.62. The van der Waals surface area contributed by atoms with E-state index in [1.165, 1.54) is 6.07 Å². The molecule has 0 N–H and O–H groups in total. The number of nitrogens with zero attached hydrogens (tertiary/aromatic N) is 2. The van der Waals surface area contributed by atoms with Gasteiger partial charge < -0.3 is 9.15 Å². The quantitative estimate of drug-likeness (QED) is 0.691. The second-order valence-corrected chi connectivity index (χ2v) is 4.66. The number of nitriles is 2. The van der Waals surface area contributed by atoms with E-state index < -0.39 is 0 Å². The lowest BCUT2D eigenvalue weighted by molar-refractivity contribution is 0.466. The van der Waals surface area contributed by atoms with Crippen LogP contribution in [-0.4, -0.2) is 0 Å². The highest BCUT2D eigenvalue weighted by molar-refractivity contribution is 6.30. The minimum absolute atomic E-state index is 0.0556. The molecule has 0 fully saturated rings. The number of benzene rings is 2. The molecule has 0 spiro atoms. The van der Waals surface area contributed by atoms with E-state index in [2.05, 4.69) is 0 Å². The lowest BCUT2D eigenvalue weighted by Crippen LogP contribution is -1.89. The van der Waals surface area contributed by atoms with Gasteiger partial charge in [0.1, 0.15) is 23.5 Å². The summed E-state index contributed by atoms with van der Waals surface area (Å²) >= 11 is 5.93. The molecule has 0 atom stereocenters. The lowest BCUT2D eigenvalue weighted by Gasteiger charge is -2.06. The van der Waals surface area contributed by atoms with E-state index >= 15 is 0 Å². The van der Waals surface area contributed by atoms with Gasteiger partial charge in [-0.15, -0.1) is 0 Å². The number of furan rings is 1. The number of fused-ring (bicyclic) bond motifs is 1. The molecule has 0 radical (unpaired) electrons. The third-order valence-electron chi connectivity index (χ3n) is 2.93. The minimum Gasteiger partial charge on any atom is -0.450 e. The van der Waals surface area contributed by atoms with Crippen molar-refractivity contribution >= 4 is 22.6 Å². The van der Waals surface area contributed by atoms with E-state index in [9.17, 15) is 0 Å². The van der Waals surface area contributed by atoms with Crippen LogP contribution < -0.4 is 4.74 Å². The maximum absolute atomic E-state index is 9.16. The highest BCUT2D eigenvalue weighted by atomic mass is 35.5. The Labute approximate surface area is 125 Å². The highest BCUT2D eigenvalue weighted by Crippen LogP contribution is 2.37. The molecular weight excluding hydrogens is 288 g/mol. The van der Waals surface area contributed by atoms with E-state index in [1.54, 1.807) is 30.3 Å². The fraction of sp³-hybridized carbons (Fsp3) is 0. The number of hydrogen-bond donors (Lipinski definition) is 0. The van der Waals surface area contributed by atoms with Crippen molar-refractivity contribution in [1.82, 2.24) is 0 Å². The van der Waals surface area contributed by atoms with Gasteiger partial charge in [0.25, 0.3) is 0 Å². The fourth-order valence-electron chi connectivity index (χ4n) is 1.98. The van der Waals surface area contributed by atoms with Crippen molar-refractivity contribution in [2.75, 3.05) is 0 Å². The first-order valence-electron chi connectivity index (χ1n) is 6.02. The summed E-state index contributed by atoms with van der Waals surface area (Å²) in [6.45, 7) is 0. The normalized spacial score (nSPS) is 10.0. The standard InChI is InChI=1S/C16H7ClN2O2/c17-11-6-5-10(8-18)14(7-11)21-16-12-3-1-2-4-13(12)20-15(16)9-19/h1-7H. The van der Waals surface area contributed by atoms with Crippen LogP contribution in [0.4, 0.5) is 0 Å². The Hall–Kier alpha value is -2.95. The molecule has 1 heterocycles. The average molecular weight is 295 g/mol. The van der Waals surface area contributed by atoms with Gasteiger partial charge in [-0.3, -0.25) is 0 Å². The molecule has 2 aromatic carbocycles. The molecule has 0 saturated heterocycles. The van der Waals surface area contributed by atoms with Crippen LogP contribution in [-0.2, 0) is 0 Å². The summed E-state index contributed by atoms with van der Waals surface area (Å²) in [5.74, 6) is 0.625. The van der Waals surface area contributed by atoms with Crippen LogP contribution in [0.5, 0.6) is 11.5 Å². The van der Waals surface area contributed by atoms with Crippen molar-refractivity contribution in [1.29, 1.82) is 10.5 Å². The number of halogens is 1. The van der Waals surface area contributed by atoms with E-state index in [1.807, 2.05) is 18.2 Å². The Bertz CT molecular complexity index is 916. The van der Waals surface area contributed by atoms with Crippen molar-refractivity contribution in [2.45, 2.75) is 0 Å². The van der Waals surface area contributed by atoms with Gasteiger partial charge in [0.05, 0.1) is 10.9 Å². The van der Waals surface area contributed by atoms with Gasteiger partial charge in [0.15, 0.2) is 5.75 Å². The number of ether oxygens (including phenoxy) is 1. The van der Waals surface area contributed by atoms with Crippen LogP contribution in [0.1, 0.15) is 11.3 Å². The topological polar surface area (TPSA) is 69.9 Å². The first-order chi connectivity index (χ1) is 10.2. The van der Waals surface area contributed by atoms with E-state index in [0.717, 1.165) is 0 Å². The Balaban J connectivity index is 2.17. The molecular formula is C16H7ClN2O2. The van der Waals surface area contributed by atoms with E-state index in [0.29, 0.717) is 21.6 Å². The Morgan fingerprint density at radius 3 is 2.62 bits per heavy atom. The second-order valence-electron chi connectivity index (χ2n) is 4.22. The molecule has 21 heavy (non-hydrogen) atoms. The van der Waals surface area contributed by atoms with Crippen LogP contribution in [0.25, 0.3) is 11.0 Å². The molecule has 1 aromatic heterocycles. The van der Waals surface area contributed by atoms with Crippen LogP contribution in [0.15, 0.2) is 46.9 Å². The molecule has 3 rings (SSSR count). The zero-order chi connectivity index (χ0) is 14.8. The maximum atomic E-state index is 9.16. The highest BCUT2D eigenvalue weighted by Gasteiger charge is 2.17. The minimum atomic E-state index is 0.0556. The maximum Gasteiger partial charge on any atom is 0.247 e. The van der Waals surface area contributed by atoms with Crippen LogP contribution in [0, 0.1) is 22.7 Å². The lowest BCUT2D eigenvalue weighted by atomic mass is 10.2. The third kappa shape index (κ3) is 2.29. The molecule has 100 valence electrons. The number of para-hydroxylation sites is 1. The van der Waals surface area contributed by atoms with Crippen molar-refractivity contribution in [3.05, 3.63) is 58.8 Å². The first-order valence-corrected chi connectivity index (χ1v) is 6.40. The summed E-state index contributed by atoms with van der Waals surface area (Å²) in [5, 5.41) is 19.4. The van der Waals surface area contributed by atoms with Gasteiger partial charge >= 0.3 is 0 Å². The Kier molecular flexibility index (Phi) is 3.23. The molecule has 0 aliphatic rings. The van der Waals surface area contributed by atoms with Gasteiger partial charge in [0, 0.05) is 11.1 Å². The van der Waals surface area contributed by atoms with Crippen molar-refractivity contribution in [3.63, 3.8) is 0 Å². The van der Waals surface area contributed by atoms with Crippen molar-refractivity contribution in [3.8, 4) is 23.6 Å². The van der Waals surface area contributed by atoms with Gasteiger partial charge in [-0.2, -0.15) is 10.5 Å². The predicted molar refractivity (Wildman–Crippen MR) is 77.2 cm³/mol. The van der Waals surface area contributed by atoms with Crippen LogP contribution in [0.2, 0.25) is 5.02 Å². The van der Waals surface area contributed by atoms with Crippen molar-refractivity contribution < 1.29 is 9.15 Å². The van der Waals surface area contributed by atoms with E-state index in [4.69, 9.17) is 31.3 Å². The van der Waals surface area contributed by atoms with Gasteiger partial charge in [-0.1, -0.05) is 23.7 Å². The first kappa shape index (κ1) is 13.1. The summed E-state index contributed by atoms with van der Waals surface area (Å²) in [6.07, 6.45) is 0. The molecule has 5 heteroatoms. The smallest absolute Gasteiger partial charge is 0.247 e. The summed E-state index contributed by atoms with van der Waals surface area (Å²) in [7, 11) is 0. The second kappa shape index (κ2) is 5.20. The molecule has 0 unspecified atom stereocenters. The molecule has 0 aliphatic carbocycles. The molecule has 0 saturated carbocycles. The zero-order valence-corrected chi connectivity index (χ0v) is 11.4. The monoisotopic (exact) mass is 294 g/mol. The van der Waals surface area contributed by atoms with Crippen LogP contribution >= 0.6 is 11.6 Å². The molecule has 0 amide bonds. The SMILES string of the molecule is N#Cc1ccc(Cl)cc1Oc1c(C#N)oc2ccccc12. The fourth-order valence-corrected chi connectivity index (χ4v) is 2.14.